The second-order valence-corrected chi connectivity index (χ2v) is 4.10. The number of hydrogen-bond acceptors (Lipinski definition) is 1. The molecule has 0 aromatic heterocycles. The maximum absolute atomic E-state index is 10.7. The topological polar surface area (TPSA) is 17.1 Å². The summed E-state index contributed by atoms with van der Waals surface area (Å²) < 4.78 is 1.10. The van der Waals surface area contributed by atoms with Crippen LogP contribution >= 0.6 is 15.9 Å². The van der Waals surface area contributed by atoms with E-state index in [0.29, 0.717) is 6.42 Å². The Morgan fingerprint density at radius 2 is 1.92 bits per heavy atom. The van der Waals surface area contributed by atoms with Crippen molar-refractivity contribution in [3.8, 4) is 0 Å². The molecule has 1 aromatic rings. The van der Waals surface area contributed by atoms with E-state index in [-0.39, 0.29) is 5.78 Å². The van der Waals surface area contributed by atoms with Crippen LogP contribution in [0, 0.1) is 0 Å². The number of carbonyl (C=O) groups excluding carboxylic acids is 1. The Hall–Kier alpha value is -0.630. The quantitative estimate of drug-likeness (QED) is 0.789. The molecule has 1 nitrogen and oxygen atoms in total. The molecule has 0 fully saturated rings. The third-order valence-corrected chi connectivity index (χ3v) is 2.44. The maximum atomic E-state index is 10.7. The van der Waals surface area contributed by atoms with Gasteiger partial charge in [-0.3, -0.25) is 0 Å². The standard InChI is InChI=1S/C11H13BrO/c1-9(13)3-2-4-10-5-7-11(12)8-6-10/h5-8H,2-4H2,1H3. The smallest absolute Gasteiger partial charge is 0.129 e. The third-order valence-electron chi connectivity index (χ3n) is 1.91. The van der Waals surface area contributed by atoms with Crippen molar-refractivity contribution in [2.45, 2.75) is 26.2 Å². The van der Waals surface area contributed by atoms with Crippen molar-refractivity contribution in [2.24, 2.45) is 0 Å². The van der Waals surface area contributed by atoms with E-state index >= 15 is 0 Å². The first-order valence-corrected chi connectivity index (χ1v) is 5.21. The first kappa shape index (κ1) is 10.5. The van der Waals surface area contributed by atoms with Crippen LogP contribution in [-0.4, -0.2) is 5.78 Å². The molecular formula is C11H13BrO. The second kappa shape index (κ2) is 5.18. The van der Waals surface area contributed by atoms with Gasteiger partial charge in [-0.1, -0.05) is 28.1 Å². The van der Waals surface area contributed by atoms with E-state index in [2.05, 4.69) is 28.1 Å². The van der Waals surface area contributed by atoms with E-state index in [1.54, 1.807) is 6.92 Å². The zero-order chi connectivity index (χ0) is 9.68. The summed E-state index contributed by atoms with van der Waals surface area (Å²) in [5.74, 6) is 0.275. The van der Waals surface area contributed by atoms with Crippen molar-refractivity contribution in [3.63, 3.8) is 0 Å². The van der Waals surface area contributed by atoms with Crippen molar-refractivity contribution < 1.29 is 4.79 Å². The average molecular weight is 241 g/mol. The maximum Gasteiger partial charge on any atom is 0.129 e. The molecule has 0 bridgehead atoms. The number of benzene rings is 1. The third kappa shape index (κ3) is 4.23. The molecule has 70 valence electrons. The predicted molar refractivity (Wildman–Crippen MR) is 57.8 cm³/mol. The fourth-order valence-corrected chi connectivity index (χ4v) is 1.46. The lowest BCUT2D eigenvalue weighted by molar-refractivity contribution is -0.117. The summed E-state index contributed by atoms with van der Waals surface area (Å²) in [6.45, 7) is 1.64. The van der Waals surface area contributed by atoms with E-state index in [1.165, 1.54) is 5.56 Å². The number of halogens is 1. The van der Waals surface area contributed by atoms with Crippen molar-refractivity contribution in [1.29, 1.82) is 0 Å². The lowest BCUT2D eigenvalue weighted by atomic mass is 10.1. The Bertz CT molecular complexity index is 277. The minimum absolute atomic E-state index is 0.275. The highest BCUT2D eigenvalue weighted by Crippen LogP contribution is 2.12. The Kier molecular flexibility index (Phi) is 4.16. The summed E-state index contributed by atoms with van der Waals surface area (Å²) in [5.41, 5.74) is 1.30. The van der Waals surface area contributed by atoms with Crippen LogP contribution in [0.25, 0.3) is 0 Å². The molecule has 0 spiro atoms. The highest BCUT2D eigenvalue weighted by Gasteiger charge is 1.95. The molecule has 1 rings (SSSR count). The molecule has 0 aliphatic carbocycles. The molecule has 0 aliphatic heterocycles. The lowest BCUT2D eigenvalue weighted by Crippen LogP contribution is -1.92. The summed E-state index contributed by atoms with van der Waals surface area (Å²) in [6.07, 6.45) is 2.64. The van der Waals surface area contributed by atoms with Crippen molar-refractivity contribution in [3.05, 3.63) is 34.3 Å². The number of ketones is 1. The average Bonchev–Trinajstić information content (AvgIpc) is 2.08. The van der Waals surface area contributed by atoms with Crippen LogP contribution in [0.5, 0.6) is 0 Å². The Labute approximate surface area is 87.3 Å². The molecule has 13 heavy (non-hydrogen) atoms. The van der Waals surface area contributed by atoms with Gasteiger partial charge in [-0.25, -0.2) is 0 Å². The van der Waals surface area contributed by atoms with Crippen LogP contribution in [0.1, 0.15) is 25.3 Å². The van der Waals surface area contributed by atoms with Gasteiger partial charge in [0, 0.05) is 10.9 Å². The summed E-state index contributed by atoms with van der Waals surface area (Å²) in [4.78, 5) is 10.7. The molecule has 0 heterocycles. The van der Waals surface area contributed by atoms with Crippen molar-refractivity contribution >= 4 is 21.7 Å². The van der Waals surface area contributed by atoms with Gasteiger partial charge in [0.2, 0.25) is 0 Å². The highest BCUT2D eigenvalue weighted by atomic mass is 79.9. The number of Topliss-reactive ketones (excluding diaryl/α,β-unsaturated/α-hetero) is 1. The van der Waals surface area contributed by atoms with Crippen molar-refractivity contribution in [2.75, 3.05) is 0 Å². The zero-order valence-corrected chi connectivity index (χ0v) is 9.30. The van der Waals surface area contributed by atoms with Crippen LogP contribution < -0.4 is 0 Å². The minimum Gasteiger partial charge on any atom is -0.300 e. The summed E-state index contributed by atoms with van der Waals surface area (Å²) >= 11 is 3.38. The number of hydrogen-bond donors (Lipinski definition) is 0. The fraction of sp³-hybridized carbons (Fsp3) is 0.364. The molecule has 1 aromatic carbocycles. The van der Waals surface area contributed by atoms with Gasteiger partial charge in [-0.2, -0.15) is 0 Å². The van der Waals surface area contributed by atoms with Gasteiger partial charge < -0.3 is 4.79 Å². The normalized spacial score (nSPS) is 10.0. The van der Waals surface area contributed by atoms with Crippen LogP contribution in [0.3, 0.4) is 0 Å². The van der Waals surface area contributed by atoms with E-state index in [4.69, 9.17) is 0 Å². The Morgan fingerprint density at radius 3 is 2.46 bits per heavy atom. The Morgan fingerprint density at radius 1 is 1.31 bits per heavy atom. The van der Waals surface area contributed by atoms with Gasteiger partial charge in [-0.05, 0) is 37.5 Å². The van der Waals surface area contributed by atoms with Gasteiger partial charge in [-0.15, -0.1) is 0 Å². The Balaban J connectivity index is 2.37. The predicted octanol–water partition coefficient (Wildman–Crippen LogP) is 3.36. The zero-order valence-electron chi connectivity index (χ0n) is 7.72. The molecule has 2 heteroatoms. The first-order chi connectivity index (χ1) is 6.18. The van der Waals surface area contributed by atoms with Gasteiger partial charge in [0.25, 0.3) is 0 Å². The van der Waals surface area contributed by atoms with Crippen LogP contribution in [0.15, 0.2) is 28.7 Å². The lowest BCUT2D eigenvalue weighted by Gasteiger charge is -1.99. The molecule has 0 radical (unpaired) electrons. The van der Waals surface area contributed by atoms with Gasteiger partial charge in [0.05, 0.1) is 0 Å². The van der Waals surface area contributed by atoms with E-state index in [1.807, 2.05) is 12.1 Å². The van der Waals surface area contributed by atoms with E-state index in [0.717, 1.165) is 17.3 Å². The number of aryl methyl sites for hydroxylation is 1. The van der Waals surface area contributed by atoms with Gasteiger partial charge in [0.15, 0.2) is 0 Å². The van der Waals surface area contributed by atoms with E-state index < -0.39 is 0 Å². The summed E-state index contributed by atoms with van der Waals surface area (Å²) in [7, 11) is 0. The van der Waals surface area contributed by atoms with Crippen molar-refractivity contribution in [1.82, 2.24) is 0 Å². The molecule has 0 aliphatic rings. The summed E-state index contributed by atoms with van der Waals surface area (Å²) in [5, 5.41) is 0. The number of carbonyl (C=O) groups is 1. The summed E-state index contributed by atoms with van der Waals surface area (Å²) in [6, 6.07) is 8.24. The van der Waals surface area contributed by atoms with Crippen LogP contribution in [0.2, 0.25) is 0 Å². The molecule has 0 amide bonds. The molecular weight excluding hydrogens is 228 g/mol. The van der Waals surface area contributed by atoms with Gasteiger partial charge >= 0.3 is 0 Å². The monoisotopic (exact) mass is 240 g/mol. The molecule has 0 saturated heterocycles. The largest absolute Gasteiger partial charge is 0.300 e. The fourth-order valence-electron chi connectivity index (χ4n) is 1.19. The van der Waals surface area contributed by atoms with Crippen LogP contribution in [0.4, 0.5) is 0 Å². The molecule has 0 saturated carbocycles. The highest BCUT2D eigenvalue weighted by molar-refractivity contribution is 9.10. The van der Waals surface area contributed by atoms with E-state index in [9.17, 15) is 4.79 Å². The SMILES string of the molecule is CC(=O)CCCc1ccc(Br)cc1. The second-order valence-electron chi connectivity index (χ2n) is 3.18. The molecule has 0 unspecified atom stereocenters. The molecule has 0 N–H and O–H groups in total. The van der Waals surface area contributed by atoms with Crippen LogP contribution in [-0.2, 0) is 11.2 Å². The first-order valence-electron chi connectivity index (χ1n) is 4.42. The minimum atomic E-state index is 0.275. The molecule has 0 atom stereocenters. The number of rotatable bonds is 4. The van der Waals surface area contributed by atoms with Gasteiger partial charge in [0.1, 0.15) is 5.78 Å².